The third-order valence-electron chi connectivity index (χ3n) is 6.41. The molecule has 35 heavy (non-hydrogen) atoms. The molecule has 0 radical (unpaired) electrons. The Morgan fingerprint density at radius 2 is 1.91 bits per heavy atom. The van der Waals surface area contributed by atoms with E-state index in [1.165, 1.54) is 0 Å². The number of hydrogen-bond acceptors (Lipinski definition) is 4. The number of nitriles is 1. The van der Waals surface area contributed by atoms with Gasteiger partial charge in [0.2, 0.25) is 0 Å². The summed E-state index contributed by atoms with van der Waals surface area (Å²) in [5, 5.41) is 20.0. The molecule has 3 aromatic carbocycles. The van der Waals surface area contributed by atoms with Crippen LogP contribution in [0, 0.1) is 11.3 Å². The topological polar surface area (TPSA) is 73.6 Å². The number of piperidine rings is 1. The maximum atomic E-state index is 11.7. The number of likely N-dealkylation sites (tertiary alicyclic amines) is 1. The summed E-state index contributed by atoms with van der Waals surface area (Å²) in [4.78, 5) is 13.7. The predicted octanol–water partition coefficient (Wildman–Crippen LogP) is 6.50. The Morgan fingerprint density at radius 1 is 1.14 bits per heavy atom. The van der Waals surface area contributed by atoms with Crippen LogP contribution in [0.2, 0.25) is 5.02 Å². The molecule has 1 N–H and O–H groups in total. The quantitative estimate of drug-likeness (QED) is 0.386. The van der Waals surface area contributed by atoms with E-state index in [1.807, 2.05) is 77.7 Å². The Morgan fingerprint density at radius 3 is 2.63 bits per heavy atom. The molecule has 6 heteroatoms. The molecule has 1 fully saturated rings. The Hall–Kier alpha value is -3.59. The number of carboxylic acids is 1. The van der Waals surface area contributed by atoms with Gasteiger partial charge in [-0.25, -0.2) is 0 Å². The maximum Gasteiger partial charge on any atom is 0.320 e. The first-order chi connectivity index (χ1) is 17.0. The molecule has 1 saturated heterocycles. The Labute approximate surface area is 210 Å². The first kappa shape index (κ1) is 24.5. The highest BCUT2D eigenvalue weighted by molar-refractivity contribution is 6.32. The number of benzene rings is 3. The van der Waals surface area contributed by atoms with Crippen molar-refractivity contribution in [3.8, 4) is 22.9 Å². The van der Waals surface area contributed by atoms with E-state index in [1.54, 1.807) is 7.11 Å². The number of hydrogen-bond donors (Lipinski definition) is 1. The minimum Gasteiger partial charge on any atom is -0.496 e. The second-order valence-corrected chi connectivity index (χ2v) is 8.99. The summed E-state index contributed by atoms with van der Waals surface area (Å²) in [6, 6.07) is 21.2. The Balaban J connectivity index is 1.63. The van der Waals surface area contributed by atoms with Gasteiger partial charge in [-0.3, -0.25) is 9.69 Å². The predicted molar refractivity (Wildman–Crippen MR) is 139 cm³/mol. The van der Waals surface area contributed by atoms with Crippen LogP contribution in [-0.4, -0.2) is 35.7 Å². The van der Waals surface area contributed by atoms with E-state index in [0.29, 0.717) is 29.3 Å². The molecule has 0 amide bonds. The third-order valence-corrected chi connectivity index (χ3v) is 6.73. The molecule has 0 spiro atoms. The molecule has 0 aromatic heterocycles. The van der Waals surface area contributed by atoms with Crippen LogP contribution in [0.3, 0.4) is 0 Å². The second kappa shape index (κ2) is 11.2. The molecule has 1 aliphatic rings. The molecule has 0 unspecified atom stereocenters. The van der Waals surface area contributed by atoms with Gasteiger partial charge in [0.1, 0.15) is 17.9 Å². The van der Waals surface area contributed by atoms with Crippen LogP contribution in [-0.2, 0) is 11.3 Å². The molecule has 0 bridgehead atoms. The van der Waals surface area contributed by atoms with Gasteiger partial charge in [0.25, 0.3) is 0 Å². The normalized spacial score (nSPS) is 16.2. The van der Waals surface area contributed by atoms with Gasteiger partial charge in [0, 0.05) is 22.7 Å². The van der Waals surface area contributed by atoms with Gasteiger partial charge in [0.05, 0.1) is 12.7 Å². The number of carboxylic acid groups (broad SMARTS) is 1. The molecular weight excluding hydrogens is 460 g/mol. The molecule has 0 saturated carbocycles. The van der Waals surface area contributed by atoms with Gasteiger partial charge < -0.3 is 9.84 Å². The Bertz CT molecular complexity index is 1280. The molecule has 1 atom stereocenters. The van der Waals surface area contributed by atoms with Gasteiger partial charge in [-0.15, -0.1) is 0 Å². The van der Waals surface area contributed by atoms with E-state index in [9.17, 15) is 15.2 Å². The van der Waals surface area contributed by atoms with Gasteiger partial charge >= 0.3 is 5.97 Å². The summed E-state index contributed by atoms with van der Waals surface area (Å²) < 4.78 is 5.63. The number of ether oxygens (including phenoxy) is 1. The number of methoxy groups -OCH3 is 1. The maximum absolute atomic E-state index is 11.7. The van der Waals surface area contributed by atoms with Crippen molar-refractivity contribution in [1.82, 2.24) is 4.90 Å². The second-order valence-electron chi connectivity index (χ2n) is 8.59. The summed E-state index contributed by atoms with van der Waals surface area (Å²) in [5.74, 6) is -0.136. The highest BCUT2D eigenvalue weighted by Crippen LogP contribution is 2.32. The van der Waals surface area contributed by atoms with Crippen molar-refractivity contribution in [2.75, 3.05) is 13.7 Å². The molecule has 3 aromatic rings. The van der Waals surface area contributed by atoms with Gasteiger partial charge in [-0.05, 0) is 48.2 Å². The van der Waals surface area contributed by atoms with Crippen LogP contribution in [0.1, 0.15) is 41.5 Å². The van der Waals surface area contributed by atoms with E-state index in [0.717, 1.165) is 47.2 Å². The largest absolute Gasteiger partial charge is 0.496 e. The molecule has 0 aliphatic carbocycles. The molecule has 5 nitrogen and oxygen atoms in total. The van der Waals surface area contributed by atoms with Crippen LogP contribution in [0.4, 0.5) is 0 Å². The third kappa shape index (κ3) is 5.57. The Kier molecular flexibility index (Phi) is 7.87. The first-order valence-electron chi connectivity index (χ1n) is 11.6. The molecule has 178 valence electrons. The van der Waals surface area contributed by atoms with E-state index >= 15 is 0 Å². The van der Waals surface area contributed by atoms with E-state index in [-0.39, 0.29) is 0 Å². The standard InChI is InChI=1S/C29H27ClN2O3/c1-35-28-17-22(26(30)16-23(28)19-32-15-6-5-12-27(32)29(33)34)14-13-21-10-7-11-24(25(21)18-31)20-8-3-2-4-9-20/h2-4,7-11,13-14,16-17,27H,5-6,12,15,19H2,1H3,(H,33,34)/b14-13+/t27-/m0/s1. The number of nitrogens with zero attached hydrogens (tertiary/aromatic N) is 2. The fraction of sp³-hybridized carbons (Fsp3) is 0.241. The zero-order valence-electron chi connectivity index (χ0n) is 19.6. The van der Waals surface area contributed by atoms with Crippen molar-refractivity contribution in [3.05, 3.63) is 87.9 Å². The average Bonchev–Trinajstić information content (AvgIpc) is 2.88. The van der Waals surface area contributed by atoms with Crippen molar-refractivity contribution in [3.63, 3.8) is 0 Å². The summed E-state index contributed by atoms with van der Waals surface area (Å²) in [5.41, 5.74) is 4.87. The minimum atomic E-state index is -0.791. The smallest absolute Gasteiger partial charge is 0.320 e. The summed E-state index contributed by atoms with van der Waals surface area (Å²) in [6.45, 7) is 1.19. The van der Waals surface area contributed by atoms with Crippen molar-refractivity contribution in [1.29, 1.82) is 5.26 Å². The number of rotatable bonds is 7. The number of carbonyl (C=O) groups is 1. The summed E-state index contributed by atoms with van der Waals surface area (Å²) in [7, 11) is 1.60. The van der Waals surface area contributed by atoms with E-state index < -0.39 is 12.0 Å². The lowest BCUT2D eigenvalue weighted by molar-refractivity contribution is -0.144. The molecule has 1 heterocycles. The number of aliphatic carboxylic acids is 1. The lowest BCUT2D eigenvalue weighted by Gasteiger charge is -2.33. The lowest BCUT2D eigenvalue weighted by Crippen LogP contribution is -2.44. The van der Waals surface area contributed by atoms with Crippen LogP contribution < -0.4 is 4.74 Å². The first-order valence-corrected chi connectivity index (χ1v) is 12.0. The van der Waals surface area contributed by atoms with Crippen molar-refractivity contribution in [2.45, 2.75) is 31.8 Å². The minimum absolute atomic E-state index is 0.460. The van der Waals surface area contributed by atoms with Crippen LogP contribution >= 0.6 is 11.6 Å². The van der Waals surface area contributed by atoms with Crippen molar-refractivity contribution < 1.29 is 14.6 Å². The van der Waals surface area contributed by atoms with Crippen LogP contribution in [0.5, 0.6) is 5.75 Å². The fourth-order valence-electron chi connectivity index (χ4n) is 4.60. The summed E-state index contributed by atoms with van der Waals surface area (Å²) >= 11 is 6.64. The molecular formula is C29H27ClN2O3. The lowest BCUT2D eigenvalue weighted by atomic mass is 9.95. The van der Waals surface area contributed by atoms with Crippen molar-refractivity contribution in [2.24, 2.45) is 0 Å². The number of halogens is 1. The summed E-state index contributed by atoms with van der Waals surface area (Å²) in [6.07, 6.45) is 6.31. The van der Waals surface area contributed by atoms with Gasteiger partial charge in [-0.1, -0.05) is 78.7 Å². The van der Waals surface area contributed by atoms with E-state index in [4.69, 9.17) is 16.3 Å². The molecule has 4 rings (SSSR count). The highest BCUT2D eigenvalue weighted by atomic mass is 35.5. The zero-order chi connectivity index (χ0) is 24.8. The fourth-order valence-corrected chi connectivity index (χ4v) is 4.85. The monoisotopic (exact) mass is 486 g/mol. The molecule has 1 aliphatic heterocycles. The van der Waals surface area contributed by atoms with E-state index in [2.05, 4.69) is 6.07 Å². The van der Waals surface area contributed by atoms with Crippen LogP contribution in [0.15, 0.2) is 60.7 Å². The SMILES string of the molecule is COc1cc(/C=C/c2cccc(-c3ccccc3)c2C#N)c(Cl)cc1CN1CCCC[C@H]1C(=O)O. The van der Waals surface area contributed by atoms with Crippen molar-refractivity contribution >= 4 is 29.7 Å². The van der Waals surface area contributed by atoms with Gasteiger partial charge in [0.15, 0.2) is 0 Å². The van der Waals surface area contributed by atoms with Gasteiger partial charge in [-0.2, -0.15) is 5.26 Å². The highest BCUT2D eigenvalue weighted by Gasteiger charge is 2.29. The average molecular weight is 487 g/mol. The van der Waals surface area contributed by atoms with Crippen LogP contribution in [0.25, 0.3) is 23.3 Å². The zero-order valence-corrected chi connectivity index (χ0v) is 20.3.